The lowest BCUT2D eigenvalue weighted by Gasteiger charge is -2.38. The summed E-state index contributed by atoms with van der Waals surface area (Å²) >= 11 is 0. The molecule has 0 N–H and O–H groups in total. The first-order valence-corrected chi connectivity index (χ1v) is 25.5. The Kier molecular flexibility index (Phi) is 7.69. The number of benzene rings is 10. The number of nitrogens with zero attached hydrogens (tertiary/aromatic N) is 5. The molecule has 2 aromatic heterocycles. The first-order valence-electron chi connectivity index (χ1n) is 23.5. The summed E-state index contributed by atoms with van der Waals surface area (Å²) in [5.74, 6) is 0. The van der Waals surface area contributed by atoms with Crippen molar-refractivity contribution in [1.29, 1.82) is 5.26 Å². The average Bonchev–Trinajstić information content (AvgIpc) is 4.05. The molecular formula is C62H36BN5Si. The van der Waals surface area contributed by atoms with Crippen LogP contribution >= 0.6 is 0 Å². The summed E-state index contributed by atoms with van der Waals surface area (Å²) in [5, 5.41) is 22.0. The maximum atomic E-state index is 12.1. The lowest BCUT2D eigenvalue weighted by atomic mass is 9.34. The zero-order chi connectivity index (χ0) is 45.5. The van der Waals surface area contributed by atoms with Crippen molar-refractivity contribution in [3.8, 4) is 28.6 Å². The van der Waals surface area contributed by atoms with Gasteiger partial charge < -0.3 is 14.0 Å². The van der Waals surface area contributed by atoms with Crippen molar-refractivity contribution in [3.05, 3.63) is 235 Å². The quantitative estimate of drug-likeness (QED) is 0.128. The molecule has 0 atom stereocenters. The molecule has 0 fully saturated rings. The molecule has 0 amide bonds. The van der Waals surface area contributed by atoms with Gasteiger partial charge in [-0.15, -0.1) is 0 Å². The van der Waals surface area contributed by atoms with Crippen molar-refractivity contribution in [2.75, 3.05) is 4.90 Å². The monoisotopic (exact) mass is 889 g/mol. The number of hydrogen-bond donors (Lipinski definition) is 0. The van der Waals surface area contributed by atoms with Gasteiger partial charge in [-0.05, 0) is 84.7 Å². The molecule has 10 aromatic carbocycles. The van der Waals surface area contributed by atoms with E-state index < -0.39 is 8.07 Å². The molecule has 5 nitrogen and oxygen atoms in total. The van der Waals surface area contributed by atoms with E-state index in [2.05, 4.69) is 225 Å². The zero-order valence-corrected chi connectivity index (χ0v) is 38.1. The molecule has 0 aliphatic carbocycles. The van der Waals surface area contributed by atoms with Gasteiger partial charge in [-0.25, -0.2) is 4.85 Å². The molecule has 3 aliphatic rings. The highest BCUT2D eigenvalue weighted by Crippen LogP contribution is 2.51. The molecule has 7 heteroatoms. The van der Waals surface area contributed by atoms with Crippen molar-refractivity contribution in [1.82, 2.24) is 9.13 Å². The summed E-state index contributed by atoms with van der Waals surface area (Å²) in [6.45, 7) is 9.23. The Labute approximate surface area is 399 Å². The van der Waals surface area contributed by atoms with Crippen LogP contribution in [0.4, 0.5) is 22.7 Å². The normalized spacial score (nSPS) is 13.3. The molecule has 15 rings (SSSR count). The van der Waals surface area contributed by atoms with E-state index in [1.807, 2.05) is 18.2 Å². The summed E-state index contributed by atoms with van der Waals surface area (Å²) < 4.78 is 4.70. The largest absolute Gasteiger partial charge is 0.320 e. The SMILES string of the molecule is [C-]#[N+]c1c(N(c2ccccc2)c2ccc3c(c2)-c2ccccc2[Si]3(c2ccccc2)c2ccccc2)c(C#N)c2c3c1-n1c4ccccc4c4cccc(c41)B3c1cccc3c4ccccc4n-2c13. The summed E-state index contributed by atoms with van der Waals surface area (Å²) in [4.78, 5) is 6.85. The van der Waals surface area contributed by atoms with Crippen LogP contribution in [0.5, 0.6) is 0 Å². The van der Waals surface area contributed by atoms with Gasteiger partial charge in [0.25, 0.3) is 6.71 Å². The van der Waals surface area contributed by atoms with E-state index in [1.165, 1.54) is 42.8 Å². The summed E-state index contributed by atoms with van der Waals surface area (Å²) in [5.41, 5.74) is 14.9. The Morgan fingerprint density at radius 1 is 0.493 bits per heavy atom. The fourth-order valence-electron chi connectivity index (χ4n) is 12.9. The van der Waals surface area contributed by atoms with E-state index in [1.54, 1.807) is 0 Å². The van der Waals surface area contributed by atoms with Gasteiger partial charge in [0.05, 0.1) is 40.2 Å². The Bertz CT molecular complexity index is 4090. The molecule has 5 heterocycles. The number of rotatable bonds is 5. The Morgan fingerprint density at radius 3 is 1.62 bits per heavy atom. The molecule has 0 bridgehead atoms. The van der Waals surface area contributed by atoms with Crippen LogP contribution in [0.3, 0.4) is 0 Å². The number of anilines is 3. The predicted octanol–water partition coefficient (Wildman–Crippen LogP) is 10.3. The van der Waals surface area contributed by atoms with E-state index in [-0.39, 0.29) is 6.71 Å². The van der Waals surface area contributed by atoms with Crippen LogP contribution in [0.1, 0.15) is 5.56 Å². The van der Waals surface area contributed by atoms with Crippen molar-refractivity contribution in [2.45, 2.75) is 0 Å². The van der Waals surface area contributed by atoms with E-state index in [0.717, 1.165) is 71.8 Å². The zero-order valence-electron chi connectivity index (χ0n) is 37.1. The van der Waals surface area contributed by atoms with E-state index in [0.29, 0.717) is 16.9 Å². The number of para-hydroxylation sites is 5. The van der Waals surface area contributed by atoms with Crippen LogP contribution in [-0.4, -0.2) is 23.9 Å². The van der Waals surface area contributed by atoms with Gasteiger partial charge in [-0.2, -0.15) is 5.26 Å². The average molecular weight is 890 g/mol. The second-order valence-corrected chi connectivity index (χ2v) is 22.2. The highest BCUT2D eigenvalue weighted by Gasteiger charge is 2.49. The van der Waals surface area contributed by atoms with Gasteiger partial charge >= 0.3 is 0 Å². The number of hydrogen-bond acceptors (Lipinski definition) is 2. The highest BCUT2D eigenvalue weighted by atomic mass is 28.3. The third-order valence-electron chi connectivity index (χ3n) is 15.4. The molecule has 69 heavy (non-hydrogen) atoms. The Morgan fingerprint density at radius 2 is 1.01 bits per heavy atom. The van der Waals surface area contributed by atoms with Crippen molar-refractivity contribution in [2.24, 2.45) is 0 Å². The van der Waals surface area contributed by atoms with E-state index in [9.17, 15) is 11.8 Å². The van der Waals surface area contributed by atoms with Crippen LogP contribution < -0.4 is 42.0 Å². The lowest BCUT2D eigenvalue weighted by Crippen LogP contribution is -2.72. The Balaban J connectivity index is 1.11. The third-order valence-corrected chi connectivity index (χ3v) is 20.3. The van der Waals surface area contributed by atoms with Gasteiger partial charge in [0, 0.05) is 44.0 Å². The van der Waals surface area contributed by atoms with Crippen LogP contribution in [-0.2, 0) is 0 Å². The minimum absolute atomic E-state index is 0.228. The van der Waals surface area contributed by atoms with E-state index in [4.69, 9.17) is 0 Å². The first kappa shape index (κ1) is 38.0. The highest BCUT2D eigenvalue weighted by molar-refractivity contribution is 7.22. The van der Waals surface area contributed by atoms with Crippen molar-refractivity contribution >= 4 is 118 Å². The van der Waals surface area contributed by atoms with Crippen LogP contribution in [0.25, 0.3) is 71.0 Å². The Hall–Kier alpha value is -9.14. The fraction of sp³-hybridized carbons (Fsp3) is 0. The molecule has 12 aromatic rings. The topological polar surface area (TPSA) is 41.2 Å². The lowest BCUT2D eigenvalue weighted by molar-refractivity contribution is 1.13. The standard InChI is InChI=1S/C62H36BN5Si/c1-65-57-61(66(39-19-5-2-6-20-39)40-35-36-55-48(37-40)45-27-13-16-34-54(45)69(55,41-21-7-3-8-22-41)42-23-9-4-10-24-42)49(38-64)60-56-62(57)68-53-33-15-12-26-44(53)47-29-18-31-51(59(47)68)63(56)50-30-17-28-46-43-25-11-14-32-52(43)67(60)58(46)50/h2-37H. The number of fused-ring (bicyclic) bond motifs is 13. The number of aromatic nitrogens is 2. The van der Waals surface area contributed by atoms with Crippen LogP contribution in [0, 0.1) is 17.9 Å². The maximum absolute atomic E-state index is 12.1. The molecule has 0 unspecified atom stereocenters. The van der Waals surface area contributed by atoms with Gasteiger partial charge in [-0.3, -0.25) is 0 Å². The van der Waals surface area contributed by atoms with Gasteiger partial charge in [0.15, 0.2) is 8.07 Å². The molecule has 0 saturated carbocycles. The predicted molar refractivity (Wildman–Crippen MR) is 288 cm³/mol. The summed E-state index contributed by atoms with van der Waals surface area (Å²) in [6, 6.07) is 81.6. The van der Waals surface area contributed by atoms with Crippen molar-refractivity contribution < 1.29 is 0 Å². The van der Waals surface area contributed by atoms with Gasteiger partial charge in [0.2, 0.25) is 5.69 Å². The van der Waals surface area contributed by atoms with Gasteiger partial charge in [-0.1, -0.05) is 182 Å². The molecule has 316 valence electrons. The molecule has 3 aliphatic heterocycles. The minimum atomic E-state index is -2.80. The smallest absolute Gasteiger partial charge is 0.250 e. The third kappa shape index (κ3) is 4.72. The van der Waals surface area contributed by atoms with Crippen molar-refractivity contribution in [3.63, 3.8) is 0 Å². The molecule has 0 radical (unpaired) electrons. The summed E-state index contributed by atoms with van der Waals surface area (Å²) in [7, 11) is -2.80. The fourth-order valence-corrected chi connectivity index (χ4v) is 18.1. The molecule has 0 saturated heterocycles. The molecular weight excluding hydrogens is 854 g/mol. The van der Waals surface area contributed by atoms with E-state index >= 15 is 0 Å². The summed E-state index contributed by atoms with van der Waals surface area (Å²) in [6.07, 6.45) is 0. The van der Waals surface area contributed by atoms with Crippen LogP contribution in [0.15, 0.2) is 218 Å². The first-order chi connectivity index (χ1) is 34.2. The second kappa shape index (κ2) is 13.9. The second-order valence-electron chi connectivity index (χ2n) is 18.5. The molecule has 0 spiro atoms. The minimum Gasteiger partial charge on any atom is -0.320 e. The maximum Gasteiger partial charge on any atom is 0.250 e. The number of nitriles is 1. The van der Waals surface area contributed by atoms with Crippen LogP contribution in [0.2, 0.25) is 0 Å². The van der Waals surface area contributed by atoms with Gasteiger partial charge in [0.1, 0.15) is 6.07 Å².